The van der Waals surface area contributed by atoms with Crippen LogP contribution >= 0.6 is 11.6 Å². The van der Waals surface area contributed by atoms with Gasteiger partial charge in [-0.3, -0.25) is 0 Å². The minimum Gasteiger partial charge on any atom is -0.300 e. The van der Waals surface area contributed by atoms with Gasteiger partial charge in [0.2, 0.25) is 0 Å². The topological polar surface area (TPSA) is 3.24 Å². The summed E-state index contributed by atoms with van der Waals surface area (Å²) in [6.45, 7) is 9.59. The summed E-state index contributed by atoms with van der Waals surface area (Å²) in [5.74, 6) is 0. The molecule has 0 radical (unpaired) electrons. The van der Waals surface area contributed by atoms with E-state index >= 15 is 0 Å². The number of alkyl halides is 1. The minimum atomic E-state index is 0.127. The highest BCUT2D eigenvalue weighted by Crippen LogP contribution is 2.13. The van der Waals surface area contributed by atoms with E-state index in [1.54, 1.807) is 0 Å². The first kappa shape index (κ1) is 14.7. The van der Waals surface area contributed by atoms with Gasteiger partial charge in [0.25, 0.3) is 0 Å². The summed E-state index contributed by atoms with van der Waals surface area (Å²) in [5, 5.41) is 0.127. The molecule has 2 heteroatoms. The maximum Gasteiger partial charge on any atom is 0.0487 e. The van der Waals surface area contributed by atoms with E-state index in [2.05, 4.69) is 44.9 Å². The number of hydrogen-bond acceptors (Lipinski definition) is 1. The molecule has 0 saturated heterocycles. The van der Waals surface area contributed by atoms with Crippen molar-refractivity contribution in [3.8, 4) is 0 Å². The van der Waals surface area contributed by atoms with Crippen LogP contribution in [0.25, 0.3) is 0 Å². The summed E-state index contributed by atoms with van der Waals surface area (Å²) in [4.78, 5) is 2.34. The number of hydrogen-bond donors (Lipinski definition) is 0. The largest absolute Gasteiger partial charge is 0.300 e. The highest BCUT2D eigenvalue weighted by molar-refractivity contribution is 6.21. The summed E-state index contributed by atoms with van der Waals surface area (Å²) in [5.41, 5.74) is 1.45. The molecule has 0 rings (SSSR count). The second-order valence-corrected chi connectivity index (χ2v) is 4.61. The van der Waals surface area contributed by atoms with Gasteiger partial charge in [0, 0.05) is 11.4 Å². The SMILES string of the molecule is C/C=C(\C/C=C\C(C)Cl)C(C)N(C)CC. The Morgan fingerprint density at radius 2 is 2.00 bits per heavy atom. The molecule has 0 N–H and O–H groups in total. The Labute approximate surface area is 99.8 Å². The molecule has 0 amide bonds. The summed E-state index contributed by atoms with van der Waals surface area (Å²) >= 11 is 5.86. The highest BCUT2D eigenvalue weighted by atomic mass is 35.5. The molecule has 0 heterocycles. The second-order valence-electron chi connectivity index (χ2n) is 3.92. The van der Waals surface area contributed by atoms with Crippen molar-refractivity contribution in [2.45, 2.75) is 45.5 Å². The third-order valence-electron chi connectivity index (χ3n) is 2.82. The quantitative estimate of drug-likeness (QED) is 0.494. The molecule has 0 spiro atoms. The average Bonchev–Trinajstić information content (AvgIpc) is 2.22. The zero-order chi connectivity index (χ0) is 11.8. The Bertz CT molecular complexity index is 219. The first-order valence-corrected chi connectivity index (χ1v) is 6.12. The minimum absolute atomic E-state index is 0.127. The molecular weight excluding hydrogens is 206 g/mol. The Balaban J connectivity index is 4.26. The predicted octanol–water partition coefficient (Wildman–Crippen LogP) is 3.85. The summed E-state index contributed by atoms with van der Waals surface area (Å²) in [7, 11) is 2.15. The zero-order valence-corrected chi connectivity index (χ0v) is 11.4. The van der Waals surface area contributed by atoms with Gasteiger partial charge in [-0.15, -0.1) is 11.6 Å². The number of allylic oxidation sites excluding steroid dienone is 3. The van der Waals surface area contributed by atoms with Gasteiger partial charge in [-0.25, -0.2) is 0 Å². The molecule has 0 aromatic rings. The molecule has 88 valence electrons. The van der Waals surface area contributed by atoms with Crippen LogP contribution in [0, 0.1) is 0 Å². The van der Waals surface area contributed by atoms with E-state index in [0.717, 1.165) is 13.0 Å². The molecule has 2 atom stereocenters. The van der Waals surface area contributed by atoms with Crippen LogP contribution in [0.15, 0.2) is 23.8 Å². The van der Waals surface area contributed by atoms with Gasteiger partial charge in [-0.05, 0) is 40.8 Å². The molecule has 1 nitrogen and oxygen atoms in total. The van der Waals surface area contributed by atoms with Crippen molar-refractivity contribution in [1.29, 1.82) is 0 Å². The van der Waals surface area contributed by atoms with Crippen molar-refractivity contribution in [2.24, 2.45) is 0 Å². The monoisotopic (exact) mass is 229 g/mol. The lowest BCUT2D eigenvalue weighted by Gasteiger charge is -2.25. The first-order chi connectivity index (χ1) is 7.02. The molecular formula is C13H24ClN. The lowest BCUT2D eigenvalue weighted by molar-refractivity contribution is 0.299. The van der Waals surface area contributed by atoms with Crippen LogP contribution in [0.5, 0.6) is 0 Å². The molecule has 0 aliphatic heterocycles. The van der Waals surface area contributed by atoms with Gasteiger partial charge in [-0.1, -0.05) is 30.7 Å². The fourth-order valence-electron chi connectivity index (χ4n) is 1.48. The van der Waals surface area contributed by atoms with E-state index in [9.17, 15) is 0 Å². The predicted molar refractivity (Wildman–Crippen MR) is 70.6 cm³/mol. The van der Waals surface area contributed by atoms with Crippen LogP contribution in [-0.2, 0) is 0 Å². The number of rotatable bonds is 6. The number of nitrogens with zero attached hydrogens (tertiary/aromatic N) is 1. The van der Waals surface area contributed by atoms with Gasteiger partial charge in [0.05, 0.1) is 0 Å². The van der Waals surface area contributed by atoms with Crippen LogP contribution in [0.1, 0.15) is 34.1 Å². The van der Waals surface area contributed by atoms with Crippen molar-refractivity contribution in [3.63, 3.8) is 0 Å². The Kier molecular flexibility index (Phi) is 7.81. The number of likely N-dealkylation sites (N-methyl/N-ethyl adjacent to an activating group) is 1. The van der Waals surface area contributed by atoms with E-state index in [1.165, 1.54) is 5.57 Å². The van der Waals surface area contributed by atoms with Crippen LogP contribution in [0.2, 0.25) is 0 Å². The van der Waals surface area contributed by atoms with Crippen molar-refractivity contribution >= 4 is 11.6 Å². The van der Waals surface area contributed by atoms with E-state index in [0.29, 0.717) is 6.04 Å². The summed E-state index contributed by atoms with van der Waals surface area (Å²) < 4.78 is 0. The molecule has 0 fully saturated rings. The van der Waals surface area contributed by atoms with Crippen LogP contribution in [0.4, 0.5) is 0 Å². The Morgan fingerprint density at radius 1 is 1.40 bits per heavy atom. The molecule has 15 heavy (non-hydrogen) atoms. The fraction of sp³-hybridized carbons (Fsp3) is 0.692. The third-order valence-corrected chi connectivity index (χ3v) is 2.97. The third kappa shape index (κ3) is 6.01. The van der Waals surface area contributed by atoms with E-state index in [-0.39, 0.29) is 5.38 Å². The van der Waals surface area contributed by atoms with E-state index in [4.69, 9.17) is 11.6 Å². The molecule has 0 aromatic carbocycles. The van der Waals surface area contributed by atoms with Crippen molar-refractivity contribution in [1.82, 2.24) is 4.90 Å². The van der Waals surface area contributed by atoms with Crippen molar-refractivity contribution < 1.29 is 0 Å². The van der Waals surface area contributed by atoms with Crippen molar-refractivity contribution in [2.75, 3.05) is 13.6 Å². The molecule has 2 unspecified atom stereocenters. The number of halogens is 1. The average molecular weight is 230 g/mol. The molecule has 0 aliphatic rings. The normalized spacial score (nSPS) is 17.4. The smallest absolute Gasteiger partial charge is 0.0487 e. The molecule has 0 saturated carbocycles. The Morgan fingerprint density at radius 3 is 2.40 bits per heavy atom. The van der Waals surface area contributed by atoms with E-state index < -0.39 is 0 Å². The lowest BCUT2D eigenvalue weighted by Crippen LogP contribution is -2.30. The Hall–Kier alpha value is -0.270. The van der Waals surface area contributed by atoms with E-state index in [1.807, 2.05) is 13.0 Å². The standard InChI is InChI=1S/C13H24ClN/c1-6-13(10-8-9-11(3)14)12(4)15(5)7-2/h6,8-9,11-12H,7,10H2,1-5H3/b9-8-,13-6+. The fourth-order valence-corrected chi connectivity index (χ4v) is 1.58. The van der Waals surface area contributed by atoms with Gasteiger partial charge in [0.15, 0.2) is 0 Å². The summed E-state index contributed by atoms with van der Waals surface area (Å²) in [6, 6.07) is 0.510. The maximum atomic E-state index is 5.86. The van der Waals surface area contributed by atoms with Crippen molar-refractivity contribution in [3.05, 3.63) is 23.8 Å². The first-order valence-electron chi connectivity index (χ1n) is 5.68. The van der Waals surface area contributed by atoms with Gasteiger partial charge < -0.3 is 4.90 Å². The maximum absolute atomic E-state index is 5.86. The van der Waals surface area contributed by atoms with Crippen LogP contribution in [-0.4, -0.2) is 29.9 Å². The lowest BCUT2D eigenvalue weighted by atomic mass is 10.0. The second kappa shape index (κ2) is 7.95. The van der Waals surface area contributed by atoms with Gasteiger partial charge in [0.1, 0.15) is 0 Å². The summed E-state index contributed by atoms with van der Waals surface area (Å²) in [6.07, 6.45) is 7.41. The van der Waals surface area contributed by atoms with Crippen LogP contribution < -0.4 is 0 Å². The molecule has 0 aliphatic carbocycles. The molecule has 0 aromatic heterocycles. The van der Waals surface area contributed by atoms with Gasteiger partial charge in [-0.2, -0.15) is 0 Å². The highest BCUT2D eigenvalue weighted by Gasteiger charge is 2.10. The molecule has 0 bridgehead atoms. The zero-order valence-electron chi connectivity index (χ0n) is 10.6. The van der Waals surface area contributed by atoms with Gasteiger partial charge >= 0.3 is 0 Å². The van der Waals surface area contributed by atoms with Crippen LogP contribution in [0.3, 0.4) is 0 Å².